The van der Waals surface area contributed by atoms with Crippen LogP contribution in [0.3, 0.4) is 0 Å². The number of aromatic nitrogens is 2. The van der Waals surface area contributed by atoms with Gasteiger partial charge in [0.25, 0.3) is 0 Å². The molecule has 23 heavy (non-hydrogen) atoms. The number of hydrogen-bond acceptors (Lipinski definition) is 4. The van der Waals surface area contributed by atoms with Gasteiger partial charge < -0.3 is 10.4 Å². The van der Waals surface area contributed by atoms with Crippen LogP contribution in [-0.4, -0.2) is 27.0 Å². The maximum Gasteiger partial charge on any atom is 0.0991 e. The molecular weight excluding hydrogens is 288 g/mol. The number of aryl methyl sites for hydroxylation is 1. The Balaban J connectivity index is 1.71. The van der Waals surface area contributed by atoms with Gasteiger partial charge in [0.15, 0.2) is 0 Å². The monoisotopic (exact) mass is 310 g/mol. The molecule has 0 radical (unpaired) electrons. The molecule has 1 aliphatic carbocycles. The first-order valence-corrected chi connectivity index (χ1v) is 8.06. The molecule has 1 saturated carbocycles. The van der Waals surface area contributed by atoms with Gasteiger partial charge in [0.2, 0.25) is 0 Å². The van der Waals surface area contributed by atoms with E-state index in [1.807, 2.05) is 37.5 Å². The average molecular weight is 310 g/mol. The number of rotatable bonds is 5. The molecule has 1 aromatic carbocycles. The van der Waals surface area contributed by atoms with Crippen LogP contribution in [0, 0.1) is 11.3 Å². The smallest absolute Gasteiger partial charge is 0.0991 e. The van der Waals surface area contributed by atoms with Crippen molar-refractivity contribution in [2.75, 3.05) is 6.54 Å². The predicted octanol–water partition coefficient (Wildman–Crippen LogP) is 2.35. The molecule has 5 heteroatoms. The molecule has 0 saturated heterocycles. The molecule has 2 N–H and O–H groups in total. The average Bonchev–Trinajstić information content (AvgIpc) is 3.14. The summed E-state index contributed by atoms with van der Waals surface area (Å²) in [4.78, 5) is 0. The lowest BCUT2D eigenvalue weighted by molar-refractivity contribution is 0.0475. The van der Waals surface area contributed by atoms with Crippen LogP contribution < -0.4 is 5.32 Å². The Morgan fingerprint density at radius 1 is 1.30 bits per heavy atom. The van der Waals surface area contributed by atoms with Crippen molar-refractivity contribution < 1.29 is 5.11 Å². The fraction of sp³-hybridized carbons (Fsp3) is 0.444. The van der Waals surface area contributed by atoms with Gasteiger partial charge in [0.1, 0.15) is 0 Å². The van der Waals surface area contributed by atoms with Crippen molar-refractivity contribution >= 4 is 0 Å². The molecule has 2 aromatic rings. The molecule has 1 fully saturated rings. The van der Waals surface area contributed by atoms with Gasteiger partial charge in [-0.15, -0.1) is 0 Å². The van der Waals surface area contributed by atoms with Crippen LogP contribution >= 0.6 is 0 Å². The van der Waals surface area contributed by atoms with E-state index in [0.29, 0.717) is 18.7 Å². The maximum atomic E-state index is 10.4. The van der Waals surface area contributed by atoms with Crippen molar-refractivity contribution in [2.24, 2.45) is 7.05 Å². The Hall–Kier alpha value is -2.16. The number of nitrogens with zero attached hydrogens (tertiary/aromatic N) is 3. The number of nitrogens with one attached hydrogen (secondary N) is 1. The maximum absolute atomic E-state index is 10.4. The van der Waals surface area contributed by atoms with Crippen LogP contribution in [0.15, 0.2) is 30.5 Å². The van der Waals surface area contributed by atoms with E-state index in [2.05, 4.69) is 16.5 Å². The van der Waals surface area contributed by atoms with Crippen molar-refractivity contribution in [3.8, 4) is 17.3 Å². The summed E-state index contributed by atoms with van der Waals surface area (Å²) in [5.74, 6) is 0. The quantitative estimate of drug-likeness (QED) is 0.889. The number of benzene rings is 1. The van der Waals surface area contributed by atoms with Crippen LogP contribution in [0.5, 0.6) is 0 Å². The zero-order valence-corrected chi connectivity index (χ0v) is 13.4. The van der Waals surface area contributed by atoms with E-state index >= 15 is 0 Å². The molecule has 0 bridgehead atoms. The number of hydrogen-bond donors (Lipinski definition) is 2. The minimum Gasteiger partial charge on any atom is -0.389 e. The van der Waals surface area contributed by atoms with Gasteiger partial charge in [-0.25, -0.2) is 0 Å². The Morgan fingerprint density at radius 3 is 2.65 bits per heavy atom. The summed E-state index contributed by atoms with van der Waals surface area (Å²) >= 11 is 0. The van der Waals surface area contributed by atoms with E-state index in [-0.39, 0.29) is 0 Å². The van der Waals surface area contributed by atoms with Crippen LogP contribution in [-0.2, 0) is 13.6 Å². The highest BCUT2D eigenvalue weighted by Crippen LogP contribution is 2.29. The normalized spacial score (nSPS) is 16.4. The lowest BCUT2D eigenvalue weighted by atomic mass is 10.0. The Kier molecular flexibility index (Phi) is 4.46. The molecule has 1 heterocycles. The van der Waals surface area contributed by atoms with Crippen LogP contribution in [0.2, 0.25) is 0 Å². The summed E-state index contributed by atoms with van der Waals surface area (Å²) in [5, 5.41) is 27.2. The summed E-state index contributed by atoms with van der Waals surface area (Å²) in [7, 11) is 1.90. The molecular formula is C18H22N4O. The van der Waals surface area contributed by atoms with E-state index in [0.717, 1.165) is 42.5 Å². The van der Waals surface area contributed by atoms with Gasteiger partial charge >= 0.3 is 0 Å². The molecule has 5 nitrogen and oxygen atoms in total. The summed E-state index contributed by atoms with van der Waals surface area (Å²) in [5.41, 5.74) is 3.12. The highest BCUT2D eigenvalue weighted by atomic mass is 16.3. The molecule has 0 spiro atoms. The zero-order valence-electron chi connectivity index (χ0n) is 13.4. The summed E-state index contributed by atoms with van der Waals surface area (Å²) in [6, 6.07) is 9.60. The topological polar surface area (TPSA) is 73.9 Å². The lowest BCUT2D eigenvalue weighted by Gasteiger charge is -2.22. The Labute approximate surface area is 136 Å². The van der Waals surface area contributed by atoms with Crippen molar-refractivity contribution in [3.05, 3.63) is 41.6 Å². The highest BCUT2D eigenvalue weighted by Gasteiger charge is 2.30. The van der Waals surface area contributed by atoms with Gasteiger partial charge in [0.05, 0.1) is 22.9 Å². The molecule has 120 valence electrons. The van der Waals surface area contributed by atoms with Crippen molar-refractivity contribution in [2.45, 2.75) is 37.8 Å². The Morgan fingerprint density at radius 2 is 2.00 bits per heavy atom. The minimum atomic E-state index is -0.545. The molecule has 0 atom stereocenters. The fourth-order valence-corrected chi connectivity index (χ4v) is 3.25. The Bertz CT molecular complexity index is 706. The van der Waals surface area contributed by atoms with Crippen molar-refractivity contribution in [1.82, 2.24) is 15.1 Å². The SMILES string of the molecule is Cn1cc(CNCC2(O)CCCC2)c(-c2ccc(C#N)cc2)n1. The molecule has 1 aromatic heterocycles. The first-order chi connectivity index (χ1) is 11.1. The van der Waals surface area contributed by atoms with Gasteiger partial charge in [-0.3, -0.25) is 4.68 Å². The van der Waals surface area contributed by atoms with Crippen molar-refractivity contribution in [1.29, 1.82) is 5.26 Å². The van der Waals surface area contributed by atoms with Gasteiger partial charge in [-0.1, -0.05) is 25.0 Å². The third-order valence-corrected chi connectivity index (χ3v) is 4.50. The standard InChI is InChI=1S/C18H22N4O/c1-22-12-16(11-20-13-18(23)8-2-3-9-18)17(21-22)15-6-4-14(10-19)5-7-15/h4-7,12,20,23H,2-3,8-9,11,13H2,1H3. The van der Waals surface area contributed by atoms with Crippen molar-refractivity contribution in [3.63, 3.8) is 0 Å². The third kappa shape index (κ3) is 3.61. The second-order valence-electron chi connectivity index (χ2n) is 6.40. The number of aliphatic hydroxyl groups is 1. The molecule has 1 aliphatic rings. The first kappa shape index (κ1) is 15.7. The molecule has 3 rings (SSSR count). The first-order valence-electron chi connectivity index (χ1n) is 8.06. The second kappa shape index (κ2) is 6.53. The van der Waals surface area contributed by atoms with E-state index < -0.39 is 5.60 Å². The molecule has 0 unspecified atom stereocenters. The van der Waals surface area contributed by atoms with Crippen LogP contribution in [0.4, 0.5) is 0 Å². The fourth-order valence-electron chi connectivity index (χ4n) is 3.25. The predicted molar refractivity (Wildman–Crippen MR) is 88.5 cm³/mol. The zero-order chi connectivity index (χ0) is 16.3. The summed E-state index contributed by atoms with van der Waals surface area (Å²) < 4.78 is 1.80. The molecule has 0 amide bonds. The highest BCUT2D eigenvalue weighted by molar-refractivity contribution is 5.63. The van der Waals surface area contributed by atoms with Crippen LogP contribution in [0.1, 0.15) is 36.8 Å². The largest absolute Gasteiger partial charge is 0.389 e. The molecule has 0 aliphatic heterocycles. The van der Waals surface area contributed by atoms with E-state index in [9.17, 15) is 5.11 Å². The lowest BCUT2D eigenvalue weighted by Crippen LogP contribution is -2.37. The van der Waals surface area contributed by atoms with E-state index in [4.69, 9.17) is 5.26 Å². The number of nitriles is 1. The third-order valence-electron chi connectivity index (χ3n) is 4.50. The summed E-state index contributed by atoms with van der Waals surface area (Å²) in [6.07, 6.45) is 5.99. The minimum absolute atomic E-state index is 0.545. The van der Waals surface area contributed by atoms with Crippen LogP contribution in [0.25, 0.3) is 11.3 Å². The van der Waals surface area contributed by atoms with Gasteiger partial charge in [0, 0.05) is 37.5 Å². The van der Waals surface area contributed by atoms with Gasteiger partial charge in [-0.05, 0) is 25.0 Å². The van der Waals surface area contributed by atoms with E-state index in [1.165, 1.54) is 0 Å². The summed E-state index contributed by atoms with van der Waals surface area (Å²) in [6.45, 7) is 1.29. The van der Waals surface area contributed by atoms with E-state index in [1.54, 1.807) is 4.68 Å². The second-order valence-corrected chi connectivity index (χ2v) is 6.40. The van der Waals surface area contributed by atoms with Gasteiger partial charge in [-0.2, -0.15) is 10.4 Å².